The summed E-state index contributed by atoms with van der Waals surface area (Å²) >= 11 is 0. The second kappa shape index (κ2) is 6.08. The van der Waals surface area contributed by atoms with Crippen molar-refractivity contribution in [2.24, 2.45) is 11.7 Å². The Morgan fingerprint density at radius 3 is 2.40 bits per heavy atom. The van der Waals surface area contributed by atoms with Gasteiger partial charge in [0.05, 0.1) is 11.6 Å². The molecule has 1 amide bonds. The molecule has 15 heavy (non-hydrogen) atoms. The third-order valence-corrected chi connectivity index (χ3v) is 2.78. The molecule has 0 saturated carbocycles. The molecule has 90 valence electrons. The lowest BCUT2D eigenvalue weighted by molar-refractivity contribution is -0.127. The van der Waals surface area contributed by atoms with Gasteiger partial charge < -0.3 is 16.2 Å². The van der Waals surface area contributed by atoms with Crippen molar-refractivity contribution in [3.05, 3.63) is 0 Å². The number of hydrogen-bond donors (Lipinski definition) is 3. The third-order valence-electron chi connectivity index (χ3n) is 2.78. The van der Waals surface area contributed by atoms with Crippen molar-refractivity contribution in [3.8, 4) is 0 Å². The Hall–Kier alpha value is -0.610. The van der Waals surface area contributed by atoms with Crippen LogP contribution in [0.3, 0.4) is 0 Å². The number of rotatable bonds is 6. The molecule has 0 aliphatic heterocycles. The Bertz CT molecular complexity index is 203. The van der Waals surface area contributed by atoms with Crippen LogP contribution in [0.2, 0.25) is 0 Å². The van der Waals surface area contributed by atoms with Crippen molar-refractivity contribution in [2.75, 3.05) is 6.54 Å². The molecule has 0 aliphatic rings. The average molecular weight is 216 g/mol. The van der Waals surface area contributed by atoms with E-state index in [4.69, 9.17) is 5.73 Å². The zero-order valence-corrected chi connectivity index (χ0v) is 10.2. The maximum Gasteiger partial charge on any atom is 0.223 e. The SMILES string of the molecule is CC(CCCN)C(=O)NC(C)(C)C(C)O. The van der Waals surface area contributed by atoms with Crippen LogP contribution in [0, 0.1) is 5.92 Å². The van der Waals surface area contributed by atoms with Crippen molar-refractivity contribution in [3.63, 3.8) is 0 Å². The zero-order valence-electron chi connectivity index (χ0n) is 10.2. The number of carbonyl (C=O) groups is 1. The number of amides is 1. The van der Waals surface area contributed by atoms with Gasteiger partial charge in [-0.2, -0.15) is 0 Å². The number of hydrogen-bond acceptors (Lipinski definition) is 3. The van der Waals surface area contributed by atoms with Crippen molar-refractivity contribution in [2.45, 2.75) is 52.2 Å². The Morgan fingerprint density at radius 1 is 1.47 bits per heavy atom. The molecule has 0 aliphatic carbocycles. The van der Waals surface area contributed by atoms with E-state index in [2.05, 4.69) is 5.32 Å². The maximum absolute atomic E-state index is 11.7. The predicted molar refractivity (Wildman–Crippen MR) is 61.4 cm³/mol. The highest BCUT2D eigenvalue weighted by Gasteiger charge is 2.27. The number of aliphatic hydroxyl groups is 1. The fourth-order valence-corrected chi connectivity index (χ4v) is 1.10. The summed E-state index contributed by atoms with van der Waals surface area (Å²) < 4.78 is 0. The highest BCUT2D eigenvalue weighted by molar-refractivity contribution is 5.79. The topological polar surface area (TPSA) is 75.4 Å². The lowest BCUT2D eigenvalue weighted by atomic mass is 9.96. The molecular weight excluding hydrogens is 192 g/mol. The second-order valence-electron chi connectivity index (χ2n) is 4.72. The van der Waals surface area contributed by atoms with Crippen molar-refractivity contribution in [1.29, 1.82) is 0 Å². The molecule has 0 aromatic rings. The minimum atomic E-state index is -0.575. The molecule has 4 heteroatoms. The molecule has 0 aromatic carbocycles. The van der Waals surface area contributed by atoms with Gasteiger partial charge in [-0.05, 0) is 40.2 Å². The van der Waals surface area contributed by atoms with Gasteiger partial charge in [0.1, 0.15) is 0 Å². The summed E-state index contributed by atoms with van der Waals surface area (Å²) in [5, 5.41) is 12.3. The van der Waals surface area contributed by atoms with Gasteiger partial charge in [0.2, 0.25) is 5.91 Å². The fraction of sp³-hybridized carbons (Fsp3) is 0.909. The largest absolute Gasteiger partial charge is 0.391 e. The molecule has 0 radical (unpaired) electrons. The van der Waals surface area contributed by atoms with Crippen LogP contribution in [0.5, 0.6) is 0 Å². The lowest BCUT2D eigenvalue weighted by Crippen LogP contribution is -2.52. The molecular formula is C11H24N2O2. The van der Waals surface area contributed by atoms with E-state index in [9.17, 15) is 9.90 Å². The van der Waals surface area contributed by atoms with Gasteiger partial charge in [0, 0.05) is 5.92 Å². The van der Waals surface area contributed by atoms with Gasteiger partial charge in [-0.1, -0.05) is 6.92 Å². The first-order valence-corrected chi connectivity index (χ1v) is 5.51. The lowest BCUT2D eigenvalue weighted by Gasteiger charge is -2.30. The Morgan fingerprint density at radius 2 is 2.00 bits per heavy atom. The van der Waals surface area contributed by atoms with Crippen molar-refractivity contribution in [1.82, 2.24) is 5.32 Å². The van der Waals surface area contributed by atoms with E-state index in [1.54, 1.807) is 6.92 Å². The van der Waals surface area contributed by atoms with E-state index in [0.717, 1.165) is 12.8 Å². The second-order valence-corrected chi connectivity index (χ2v) is 4.72. The van der Waals surface area contributed by atoms with Crippen LogP contribution in [0.15, 0.2) is 0 Å². The monoisotopic (exact) mass is 216 g/mol. The highest BCUT2D eigenvalue weighted by Crippen LogP contribution is 2.12. The average Bonchev–Trinajstić information content (AvgIpc) is 2.13. The quantitative estimate of drug-likeness (QED) is 0.610. The summed E-state index contributed by atoms with van der Waals surface area (Å²) in [6, 6.07) is 0. The normalized spacial score (nSPS) is 15.9. The van der Waals surface area contributed by atoms with Crippen molar-refractivity contribution < 1.29 is 9.90 Å². The smallest absolute Gasteiger partial charge is 0.223 e. The van der Waals surface area contributed by atoms with Crippen molar-refractivity contribution >= 4 is 5.91 Å². The number of carbonyl (C=O) groups excluding carboxylic acids is 1. The summed E-state index contributed by atoms with van der Waals surface area (Å²) in [6.45, 7) is 7.78. The molecule has 0 saturated heterocycles. The summed E-state index contributed by atoms with van der Waals surface area (Å²) in [4.78, 5) is 11.7. The van der Waals surface area contributed by atoms with E-state index >= 15 is 0 Å². The van der Waals surface area contributed by atoms with Gasteiger partial charge in [-0.3, -0.25) is 4.79 Å². The molecule has 2 unspecified atom stereocenters. The number of aliphatic hydroxyl groups excluding tert-OH is 1. The van der Waals surface area contributed by atoms with Crippen LogP contribution in [-0.4, -0.2) is 29.2 Å². The predicted octanol–water partition coefficient (Wildman–Crippen LogP) is 0.637. The van der Waals surface area contributed by atoms with E-state index in [1.165, 1.54) is 0 Å². The maximum atomic E-state index is 11.7. The van der Waals surface area contributed by atoms with Gasteiger partial charge in [0.25, 0.3) is 0 Å². The van der Waals surface area contributed by atoms with Crippen LogP contribution in [-0.2, 0) is 4.79 Å². The van der Waals surface area contributed by atoms with Gasteiger partial charge in [0.15, 0.2) is 0 Å². The van der Waals surface area contributed by atoms with E-state index in [0.29, 0.717) is 6.54 Å². The van der Waals surface area contributed by atoms with Crippen LogP contribution in [0.25, 0.3) is 0 Å². The van der Waals surface area contributed by atoms with E-state index < -0.39 is 11.6 Å². The molecule has 0 spiro atoms. The molecule has 0 fully saturated rings. The zero-order chi connectivity index (χ0) is 12.1. The molecule has 0 rings (SSSR count). The standard InChI is InChI=1S/C11H24N2O2/c1-8(6-5-7-12)10(15)13-11(3,4)9(2)14/h8-9,14H,5-7,12H2,1-4H3,(H,13,15). The summed E-state index contributed by atoms with van der Waals surface area (Å²) in [6.07, 6.45) is 1.07. The van der Waals surface area contributed by atoms with Crippen LogP contribution in [0.1, 0.15) is 40.5 Å². The Labute approximate surface area is 92.2 Å². The summed E-state index contributed by atoms with van der Waals surface area (Å²) in [5.41, 5.74) is 4.81. The molecule has 4 N–H and O–H groups in total. The minimum absolute atomic E-state index is 0.0191. The fourth-order valence-electron chi connectivity index (χ4n) is 1.10. The Balaban J connectivity index is 4.12. The van der Waals surface area contributed by atoms with Gasteiger partial charge in [-0.25, -0.2) is 0 Å². The summed E-state index contributed by atoms with van der Waals surface area (Å²) in [7, 11) is 0. The molecule has 0 bridgehead atoms. The third kappa shape index (κ3) is 5.14. The first kappa shape index (κ1) is 14.4. The van der Waals surface area contributed by atoms with Gasteiger partial charge >= 0.3 is 0 Å². The molecule has 2 atom stereocenters. The summed E-state index contributed by atoms with van der Waals surface area (Å²) in [5.74, 6) is -0.0686. The van der Waals surface area contributed by atoms with E-state index in [-0.39, 0.29) is 11.8 Å². The van der Waals surface area contributed by atoms with Crippen LogP contribution >= 0.6 is 0 Å². The Kier molecular flexibility index (Phi) is 5.83. The number of nitrogens with one attached hydrogen (secondary N) is 1. The van der Waals surface area contributed by atoms with Crippen LogP contribution in [0.4, 0.5) is 0 Å². The minimum Gasteiger partial charge on any atom is -0.391 e. The van der Waals surface area contributed by atoms with Gasteiger partial charge in [-0.15, -0.1) is 0 Å². The first-order valence-electron chi connectivity index (χ1n) is 5.51. The molecule has 0 aromatic heterocycles. The molecule has 0 heterocycles. The first-order chi connectivity index (χ1) is 6.81. The van der Waals surface area contributed by atoms with Crippen LogP contribution < -0.4 is 11.1 Å². The molecule has 4 nitrogen and oxygen atoms in total. The number of nitrogens with two attached hydrogens (primary N) is 1. The van der Waals surface area contributed by atoms with E-state index in [1.807, 2.05) is 20.8 Å². The highest BCUT2D eigenvalue weighted by atomic mass is 16.3.